The molecule has 0 aromatic carbocycles. The van der Waals surface area contributed by atoms with Crippen molar-refractivity contribution in [2.75, 3.05) is 7.05 Å². The Morgan fingerprint density at radius 3 is 2.60 bits per heavy atom. The highest BCUT2D eigenvalue weighted by molar-refractivity contribution is 5.23. The molecule has 0 spiro atoms. The van der Waals surface area contributed by atoms with Crippen LogP contribution in [0.4, 0.5) is 0 Å². The number of hydrogen-bond donors (Lipinski definition) is 1. The largest absolute Gasteiger partial charge is 0.308 e. The first kappa shape index (κ1) is 9.92. The molecule has 2 heterocycles. The van der Waals surface area contributed by atoms with Crippen LogP contribution >= 0.6 is 0 Å². The fourth-order valence-electron chi connectivity index (χ4n) is 1.74. The van der Waals surface area contributed by atoms with Crippen LogP contribution in [-0.4, -0.2) is 26.6 Å². The summed E-state index contributed by atoms with van der Waals surface area (Å²) in [5.74, 6) is 0. The lowest BCUT2D eigenvalue weighted by Crippen LogP contribution is -2.20. The van der Waals surface area contributed by atoms with E-state index in [1.165, 1.54) is 0 Å². The Kier molecular flexibility index (Phi) is 2.55. The van der Waals surface area contributed by atoms with Gasteiger partial charge in [-0.3, -0.25) is 9.36 Å². The molecule has 0 radical (unpaired) electrons. The molecular formula is C10H15N5. The molecule has 1 atom stereocenters. The molecule has 0 aliphatic rings. The third-order valence-corrected chi connectivity index (χ3v) is 2.50. The van der Waals surface area contributed by atoms with Crippen molar-refractivity contribution in [3.63, 3.8) is 0 Å². The molecule has 15 heavy (non-hydrogen) atoms. The standard InChI is InChI=1S/C10H15N5/c1-11-10(8-6-13-14(2)7-8)9-4-5-12-15(9)3/h4-7,10-11H,1-3H3. The Morgan fingerprint density at radius 2 is 2.13 bits per heavy atom. The molecule has 1 unspecified atom stereocenters. The summed E-state index contributed by atoms with van der Waals surface area (Å²) >= 11 is 0. The van der Waals surface area contributed by atoms with Crippen LogP contribution in [-0.2, 0) is 14.1 Å². The van der Waals surface area contributed by atoms with Gasteiger partial charge in [-0.2, -0.15) is 10.2 Å². The Hall–Kier alpha value is -1.62. The normalized spacial score (nSPS) is 13.0. The summed E-state index contributed by atoms with van der Waals surface area (Å²) in [6, 6.07) is 2.15. The predicted molar refractivity (Wildman–Crippen MR) is 57.3 cm³/mol. The van der Waals surface area contributed by atoms with E-state index in [2.05, 4.69) is 15.5 Å². The van der Waals surface area contributed by atoms with Gasteiger partial charge in [0.05, 0.1) is 17.9 Å². The fraction of sp³-hybridized carbons (Fsp3) is 0.400. The van der Waals surface area contributed by atoms with Gasteiger partial charge in [-0.05, 0) is 13.1 Å². The van der Waals surface area contributed by atoms with Crippen molar-refractivity contribution in [2.45, 2.75) is 6.04 Å². The molecular weight excluding hydrogens is 190 g/mol. The molecule has 0 saturated heterocycles. The lowest BCUT2D eigenvalue weighted by molar-refractivity contribution is 0.605. The van der Waals surface area contributed by atoms with Gasteiger partial charge in [-0.25, -0.2) is 0 Å². The maximum atomic E-state index is 4.17. The zero-order valence-corrected chi connectivity index (χ0v) is 9.18. The lowest BCUT2D eigenvalue weighted by atomic mass is 10.1. The van der Waals surface area contributed by atoms with Crippen molar-refractivity contribution in [3.05, 3.63) is 35.9 Å². The fourth-order valence-corrected chi connectivity index (χ4v) is 1.74. The van der Waals surface area contributed by atoms with Crippen molar-refractivity contribution >= 4 is 0 Å². The van der Waals surface area contributed by atoms with E-state index in [4.69, 9.17) is 0 Å². The molecule has 0 saturated carbocycles. The number of aryl methyl sites for hydroxylation is 2. The van der Waals surface area contributed by atoms with Gasteiger partial charge in [-0.1, -0.05) is 0 Å². The van der Waals surface area contributed by atoms with E-state index >= 15 is 0 Å². The summed E-state index contributed by atoms with van der Waals surface area (Å²) in [4.78, 5) is 0. The minimum atomic E-state index is 0.145. The summed E-state index contributed by atoms with van der Waals surface area (Å²) in [6.07, 6.45) is 5.68. The highest BCUT2D eigenvalue weighted by Gasteiger charge is 2.16. The zero-order valence-electron chi connectivity index (χ0n) is 9.18. The second-order valence-electron chi connectivity index (χ2n) is 3.55. The number of nitrogens with one attached hydrogen (secondary N) is 1. The van der Waals surface area contributed by atoms with Gasteiger partial charge < -0.3 is 5.32 Å². The van der Waals surface area contributed by atoms with E-state index in [9.17, 15) is 0 Å². The molecule has 0 aliphatic heterocycles. The van der Waals surface area contributed by atoms with Crippen LogP contribution in [0.2, 0.25) is 0 Å². The molecule has 2 rings (SSSR count). The number of rotatable bonds is 3. The van der Waals surface area contributed by atoms with Gasteiger partial charge in [0, 0.05) is 32.1 Å². The van der Waals surface area contributed by atoms with Gasteiger partial charge in [0.2, 0.25) is 0 Å². The van der Waals surface area contributed by atoms with Crippen LogP contribution < -0.4 is 5.32 Å². The number of hydrogen-bond acceptors (Lipinski definition) is 3. The Labute approximate surface area is 88.7 Å². The summed E-state index contributed by atoms with van der Waals surface area (Å²) in [5, 5.41) is 11.6. The third kappa shape index (κ3) is 1.78. The van der Waals surface area contributed by atoms with Crippen LogP contribution in [0.25, 0.3) is 0 Å². The molecule has 0 bridgehead atoms. The molecule has 2 aromatic heterocycles. The van der Waals surface area contributed by atoms with Crippen LogP contribution in [0.1, 0.15) is 17.3 Å². The van der Waals surface area contributed by atoms with E-state index in [1.807, 2.05) is 44.3 Å². The molecule has 2 aromatic rings. The minimum Gasteiger partial charge on any atom is -0.308 e. The van der Waals surface area contributed by atoms with Crippen LogP contribution in [0, 0.1) is 0 Å². The second-order valence-corrected chi connectivity index (χ2v) is 3.55. The van der Waals surface area contributed by atoms with Crippen LogP contribution in [0.3, 0.4) is 0 Å². The van der Waals surface area contributed by atoms with Crippen molar-refractivity contribution in [1.82, 2.24) is 24.9 Å². The first-order chi connectivity index (χ1) is 7.22. The summed E-state index contributed by atoms with van der Waals surface area (Å²) in [5.41, 5.74) is 2.27. The van der Waals surface area contributed by atoms with Gasteiger partial charge in [0.1, 0.15) is 0 Å². The first-order valence-electron chi connectivity index (χ1n) is 4.86. The smallest absolute Gasteiger partial charge is 0.0776 e. The molecule has 1 N–H and O–H groups in total. The number of nitrogens with zero attached hydrogens (tertiary/aromatic N) is 4. The summed E-state index contributed by atoms with van der Waals surface area (Å²) in [7, 11) is 5.79. The summed E-state index contributed by atoms with van der Waals surface area (Å²) in [6.45, 7) is 0. The third-order valence-electron chi connectivity index (χ3n) is 2.50. The van der Waals surface area contributed by atoms with Crippen molar-refractivity contribution in [1.29, 1.82) is 0 Å². The number of aromatic nitrogens is 4. The zero-order chi connectivity index (χ0) is 10.8. The molecule has 5 nitrogen and oxygen atoms in total. The molecule has 80 valence electrons. The Bertz CT molecular complexity index is 442. The molecule has 5 heteroatoms. The van der Waals surface area contributed by atoms with E-state index < -0.39 is 0 Å². The predicted octanol–water partition coefficient (Wildman–Crippen LogP) is 0.462. The highest BCUT2D eigenvalue weighted by Crippen LogP contribution is 2.19. The Morgan fingerprint density at radius 1 is 1.33 bits per heavy atom. The quantitative estimate of drug-likeness (QED) is 0.792. The van der Waals surface area contributed by atoms with Gasteiger partial charge in [0.25, 0.3) is 0 Å². The maximum absolute atomic E-state index is 4.17. The average Bonchev–Trinajstić information content (AvgIpc) is 2.79. The van der Waals surface area contributed by atoms with Crippen molar-refractivity contribution in [3.8, 4) is 0 Å². The van der Waals surface area contributed by atoms with Crippen molar-refractivity contribution in [2.24, 2.45) is 14.1 Å². The van der Waals surface area contributed by atoms with Crippen LogP contribution in [0.5, 0.6) is 0 Å². The lowest BCUT2D eigenvalue weighted by Gasteiger charge is -2.14. The molecule has 0 amide bonds. The highest BCUT2D eigenvalue weighted by atomic mass is 15.3. The van der Waals surface area contributed by atoms with Gasteiger partial charge >= 0.3 is 0 Å². The van der Waals surface area contributed by atoms with E-state index in [0.717, 1.165) is 11.3 Å². The maximum Gasteiger partial charge on any atom is 0.0776 e. The Balaban J connectivity index is 2.36. The first-order valence-corrected chi connectivity index (χ1v) is 4.86. The molecule has 0 aliphatic carbocycles. The van der Waals surface area contributed by atoms with E-state index in [1.54, 1.807) is 10.9 Å². The minimum absolute atomic E-state index is 0.145. The van der Waals surface area contributed by atoms with Gasteiger partial charge in [-0.15, -0.1) is 0 Å². The van der Waals surface area contributed by atoms with Crippen LogP contribution in [0.15, 0.2) is 24.7 Å². The second kappa shape index (κ2) is 3.86. The molecule has 0 fully saturated rings. The van der Waals surface area contributed by atoms with Crippen molar-refractivity contribution < 1.29 is 0 Å². The topological polar surface area (TPSA) is 47.7 Å². The monoisotopic (exact) mass is 205 g/mol. The SMILES string of the molecule is CNC(c1cnn(C)c1)c1ccnn1C. The average molecular weight is 205 g/mol. The van der Waals surface area contributed by atoms with E-state index in [-0.39, 0.29) is 6.04 Å². The van der Waals surface area contributed by atoms with E-state index in [0.29, 0.717) is 0 Å². The summed E-state index contributed by atoms with van der Waals surface area (Å²) < 4.78 is 3.67. The van der Waals surface area contributed by atoms with Gasteiger partial charge in [0.15, 0.2) is 0 Å².